The summed E-state index contributed by atoms with van der Waals surface area (Å²) in [5, 5.41) is 8.44. The average molecular weight is 610 g/mol. The third kappa shape index (κ3) is 5.80. The number of hydrogen-bond acceptors (Lipinski definition) is 8. The molecule has 13 heteroatoms. The summed E-state index contributed by atoms with van der Waals surface area (Å²) in [5.74, 6) is -0.246. The molecular weight excluding hydrogens is 579 g/mol. The molecule has 2 bridgehead atoms. The van der Waals surface area contributed by atoms with Crippen molar-refractivity contribution in [3.05, 3.63) is 87.2 Å². The highest BCUT2D eigenvalue weighted by molar-refractivity contribution is 6.31. The van der Waals surface area contributed by atoms with Gasteiger partial charge >= 0.3 is 0 Å². The number of carbonyl (C=O) groups excluding carboxylic acids is 2. The van der Waals surface area contributed by atoms with Gasteiger partial charge in [-0.3, -0.25) is 29.4 Å². The second-order valence-corrected chi connectivity index (χ2v) is 11.3. The molecule has 6 rings (SSSR count). The van der Waals surface area contributed by atoms with Crippen LogP contribution in [-0.4, -0.2) is 47.0 Å². The molecule has 4 heterocycles. The maximum atomic E-state index is 13.7. The van der Waals surface area contributed by atoms with Crippen molar-refractivity contribution in [2.45, 2.75) is 37.8 Å². The fourth-order valence-electron chi connectivity index (χ4n) is 5.63. The van der Waals surface area contributed by atoms with Crippen molar-refractivity contribution in [2.24, 2.45) is 0 Å². The number of nitrogens with zero attached hydrogens (tertiary/aromatic N) is 4. The molecule has 2 aromatic carbocycles. The SMILES string of the molecule is O=C1CN2c3cccc(c3)[C@@H](n3cnc(-c4cc(Cl)ccc4N4C=C(Cl)NN4)cc3=O)CCCCCNC(=O)C2CN1. The van der Waals surface area contributed by atoms with Crippen LogP contribution in [0.3, 0.4) is 0 Å². The van der Waals surface area contributed by atoms with Gasteiger partial charge in [0.05, 0.1) is 36.5 Å². The fraction of sp³-hybridized carbons (Fsp3) is 0.310. The number of fused-ring (bicyclic) bond motifs is 4. The largest absolute Gasteiger partial charge is 0.354 e. The van der Waals surface area contributed by atoms with Gasteiger partial charge in [0, 0.05) is 35.4 Å². The molecule has 3 aliphatic rings. The number of nitrogens with one attached hydrogen (secondary N) is 4. The molecule has 4 N–H and O–H groups in total. The van der Waals surface area contributed by atoms with Gasteiger partial charge in [-0.1, -0.05) is 48.2 Å². The Balaban J connectivity index is 1.38. The molecule has 3 aliphatic heterocycles. The lowest BCUT2D eigenvalue weighted by Crippen LogP contribution is -2.60. The molecule has 42 heavy (non-hydrogen) atoms. The van der Waals surface area contributed by atoms with Crippen LogP contribution in [0.15, 0.2) is 71.0 Å². The molecule has 0 radical (unpaired) electrons. The quantitative estimate of drug-likeness (QED) is 0.335. The van der Waals surface area contributed by atoms with E-state index in [1.54, 1.807) is 34.2 Å². The number of benzene rings is 2. The lowest BCUT2D eigenvalue weighted by molar-refractivity contribution is -0.125. The Hall–Kier alpha value is -4.06. The lowest BCUT2D eigenvalue weighted by atomic mass is 9.98. The van der Waals surface area contributed by atoms with E-state index < -0.39 is 6.04 Å². The standard InChI is InChI=1S/C29H30Cl2N8O3/c30-19-8-9-24(39-15-26(31)35-36-39)21(12-19)22-13-28(41)38(17-34-22)23-7-2-1-3-10-32-29(42)25-14-33-27(40)16-37(25)20-6-4-5-18(23)11-20/h4-6,8-9,11-13,15,17,23,25,35-36H,1-3,7,10,14,16H2,(H,32,42)(H,33,40)/t23-,25?/m0/s1. The number of aromatic nitrogens is 2. The summed E-state index contributed by atoms with van der Waals surface area (Å²) in [7, 11) is 0. The highest BCUT2D eigenvalue weighted by Crippen LogP contribution is 2.33. The number of hydrazine groups is 2. The highest BCUT2D eigenvalue weighted by Gasteiger charge is 2.32. The van der Waals surface area contributed by atoms with Gasteiger partial charge in [-0.15, -0.1) is 5.53 Å². The molecule has 2 atom stereocenters. The molecule has 218 valence electrons. The van der Waals surface area contributed by atoms with Gasteiger partial charge in [-0.2, -0.15) is 0 Å². The van der Waals surface area contributed by atoms with Gasteiger partial charge in [0.2, 0.25) is 11.8 Å². The van der Waals surface area contributed by atoms with Crippen molar-refractivity contribution in [1.82, 2.24) is 31.1 Å². The number of hydrogen-bond donors (Lipinski definition) is 4. The third-order valence-corrected chi connectivity index (χ3v) is 8.16. The minimum Gasteiger partial charge on any atom is -0.354 e. The van der Waals surface area contributed by atoms with Crippen LogP contribution in [-0.2, 0) is 9.59 Å². The monoisotopic (exact) mass is 608 g/mol. The van der Waals surface area contributed by atoms with E-state index in [9.17, 15) is 14.4 Å². The summed E-state index contributed by atoms with van der Waals surface area (Å²) in [6, 6.07) is 13.8. The van der Waals surface area contributed by atoms with Crippen molar-refractivity contribution in [3.63, 3.8) is 0 Å². The van der Waals surface area contributed by atoms with Gasteiger partial charge in [-0.25, -0.2) is 4.98 Å². The van der Waals surface area contributed by atoms with Gasteiger partial charge in [0.1, 0.15) is 11.2 Å². The second kappa shape index (κ2) is 12.0. The third-order valence-electron chi connectivity index (χ3n) is 7.73. The van der Waals surface area contributed by atoms with Crippen molar-refractivity contribution in [2.75, 3.05) is 29.5 Å². The summed E-state index contributed by atoms with van der Waals surface area (Å²) in [4.78, 5) is 45.6. The molecule has 0 aliphatic carbocycles. The van der Waals surface area contributed by atoms with Gasteiger partial charge in [-0.05, 0) is 48.7 Å². The van der Waals surface area contributed by atoms with Crippen LogP contribution in [0.1, 0.15) is 37.3 Å². The predicted octanol–water partition coefficient (Wildman–Crippen LogP) is 3.01. The van der Waals surface area contributed by atoms with Crippen LogP contribution in [0.4, 0.5) is 11.4 Å². The average Bonchev–Trinajstić information content (AvgIpc) is 3.42. The zero-order chi connectivity index (χ0) is 29.2. The van der Waals surface area contributed by atoms with Crippen molar-refractivity contribution in [1.29, 1.82) is 0 Å². The van der Waals surface area contributed by atoms with E-state index in [1.807, 2.05) is 35.2 Å². The van der Waals surface area contributed by atoms with Crippen LogP contribution >= 0.6 is 23.2 Å². The number of anilines is 2. The normalized spacial score (nSPS) is 21.1. The molecule has 1 aromatic heterocycles. The first-order valence-electron chi connectivity index (χ1n) is 13.8. The van der Waals surface area contributed by atoms with Crippen LogP contribution in [0.5, 0.6) is 0 Å². The minimum atomic E-state index is -0.516. The lowest BCUT2D eigenvalue weighted by Gasteiger charge is -2.36. The minimum absolute atomic E-state index is 0.0756. The Morgan fingerprint density at radius 3 is 2.62 bits per heavy atom. The number of carbonyl (C=O) groups is 2. The molecule has 1 unspecified atom stereocenters. The van der Waals surface area contributed by atoms with Crippen molar-refractivity contribution >= 4 is 46.4 Å². The molecule has 0 saturated carbocycles. The molecule has 0 spiro atoms. The molecular formula is C29H30Cl2N8O3. The Morgan fingerprint density at radius 1 is 0.929 bits per heavy atom. The van der Waals surface area contributed by atoms with Gasteiger partial charge in [0.15, 0.2) is 0 Å². The first-order chi connectivity index (χ1) is 20.4. The summed E-state index contributed by atoms with van der Waals surface area (Å²) >= 11 is 12.4. The molecule has 1 fully saturated rings. The van der Waals surface area contributed by atoms with E-state index in [-0.39, 0.29) is 36.5 Å². The zero-order valence-corrected chi connectivity index (χ0v) is 24.2. The van der Waals surface area contributed by atoms with Crippen molar-refractivity contribution < 1.29 is 9.59 Å². The smallest absolute Gasteiger partial charge is 0.254 e. The van der Waals surface area contributed by atoms with Crippen LogP contribution in [0.25, 0.3) is 11.3 Å². The fourth-order valence-corrected chi connectivity index (χ4v) is 5.94. The first-order valence-corrected chi connectivity index (χ1v) is 14.6. The summed E-state index contributed by atoms with van der Waals surface area (Å²) in [5.41, 5.74) is 9.06. The Morgan fingerprint density at radius 2 is 1.81 bits per heavy atom. The van der Waals surface area contributed by atoms with Gasteiger partial charge in [0.25, 0.3) is 5.56 Å². The van der Waals surface area contributed by atoms with Crippen LogP contribution in [0, 0.1) is 0 Å². The molecule has 2 amide bonds. The van der Waals surface area contributed by atoms with E-state index in [4.69, 9.17) is 28.2 Å². The number of halogens is 2. The number of piperazine rings is 1. The molecule has 3 aromatic rings. The summed E-state index contributed by atoms with van der Waals surface area (Å²) in [6.45, 7) is 0.866. The maximum Gasteiger partial charge on any atom is 0.254 e. The second-order valence-electron chi connectivity index (χ2n) is 10.5. The van der Waals surface area contributed by atoms with Gasteiger partial charge < -0.3 is 15.5 Å². The predicted molar refractivity (Wildman–Crippen MR) is 162 cm³/mol. The Kier molecular flexibility index (Phi) is 8.05. The van der Waals surface area contributed by atoms with E-state index in [2.05, 4.69) is 21.6 Å². The summed E-state index contributed by atoms with van der Waals surface area (Å²) < 4.78 is 1.66. The van der Waals surface area contributed by atoms with E-state index in [0.717, 1.165) is 30.5 Å². The summed E-state index contributed by atoms with van der Waals surface area (Å²) in [6.07, 6.45) is 6.52. The topological polar surface area (TPSA) is 124 Å². The van der Waals surface area contributed by atoms with E-state index >= 15 is 0 Å². The zero-order valence-electron chi connectivity index (χ0n) is 22.6. The number of amides is 2. The Bertz CT molecular complexity index is 1610. The first kappa shape index (κ1) is 28.1. The van der Waals surface area contributed by atoms with Crippen LogP contribution < -0.4 is 37.1 Å². The van der Waals surface area contributed by atoms with Crippen molar-refractivity contribution in [3.8, 4) is 11.3 Å². The highest BCUT2D eigenvalue weighted by atomic mass is 35.5. The Labute approximate surface area is 252 Å². The molecule has 1 saturated heterocycles. The molecule has 11 nitrogen and oxygen atoms in total. The maximum absolute atomic E-state index is 13.7. The van der Waals surface area contributed by atoms with E-state index in [1.165, 1.54) is 6.07 Å². The van der Waals surface area contributed by atoms with E-state index in [0.29, 0.717) is 40.1 Å². The number of rotatable bonds is 3. The van der Waals surface area contributed by atoms with Crippen LogP contribution in [0.2, 0.25) is 5.02 Å².